The molecule has 1 aliphatic carbocycles. The summed E-state index contributed by atoms with van der Waals surface area (Å²) in [5.41, 5.74) is 2.95. The quantitative estimate of drug-likeness (QED) is 0.876. The maximum absolute atomic E-state index is 5.74. The van der Waals surface area contributed by atoms with E-state index >= 15 is 0 Å². The molecule has 1 aromatic rings. The number of rotatable bonds is 5. The van der Waals surface area contributed by atoms with E-state index in [0.717, 1.165) is 38.7 Å². The first-order valence-corrected chi connectivity index (χ1v) is 7.42. The second-order valence-electron chi connectivity index (χ2n) is 5.80. The monoisotopic (exact) mass is 260 g/mol. The summed E-state index contributed by atoms with van der Waals surface area (Å²) in [6.07, 6.45) is 3.10. The van der Waals surface area contributed by atoms with Crippen LogP contribution in [0.1, 0.15) is 29.9 Å². The van der Waals surface area contributed by atoms with Gasteiger partial charge in [-0.05, 0) is 36.9 Å². The van der Waals surface area contributed by atoms with E-state index in [1.165, 1.54) is 24.0 Å². The van der Waals surface area contributed by atoms with Crippen LogP contribution in [0.5, 0.6) is 0 Å². The van der Waals surface area contributed by atoms with Gasteiger partial charge in [-0.15, -0.1) is 0 Å². The number of nitrogens with zero attached hydrogens (tertiary/aromatic N) is 1. The minimum Gasteiger partial charge on any atom is -0.374 e. The highest BCUT2D eigenvalue weighted by molar-refractivity contribution is 5.28. The van der Waals surface area contributed by atoms with E-state index in [4.69, 9.17) is 4.74 Å². The van der Waals surface area contributed by atoms with Crippen molar-refractivity contribution < 1.29 is 4.74 Å². The molecule has 0 spiro atoms. The Balaban J connectivity index is 1.54. The number of benzene rings is 1. The molecule has 1 aromatic carbocycles. The molecule has 19 heavy (non-hydrogen) atoms. The molecule has 1 unspecified atom stereocenters. The highest BCUT2D eigenvalue weighted by Gasteiger charge is 2.23. The molecule has 0 amide bonds. The molecule has 1 N–H and O–H groups in total. The SMILES string of the molecule is CNCC1CN(Cc2ccc(C3CC3)cc2)CCO1. The lowest BCUT2D eigenvalue weighted by Crippen LogP contribution is -2.45. The number of morpholine rings is 1. The molecule has 3 nitrogen and oxygen atoms in total. The van der Waals surface area contributed by atoms with E-state index in [1.54, 1.807) is 0 Å². The van der Waals surface area contributed by atoms with Crippen molar-refractivity contribution in [3.8, 4) is 0 Å². The summed E-state index contributed by atoms with van der Waals surface area (Å²) in [5, 5.41) is 3.20. The topological polar surface area (TPSA) is 24.5 Å². The Morgan fingerprint density at radius 1 is 1.26 bits per heavy atom. The van der Waals surface area contributed by atoms with E-state index < -0.39 is 0 Å². The van der Waals surface area contributed by atoms with Crippen LogP contribution < -0.4 is 5.32 Å². The zero-order valence-electron chi connectivity index (χ0n) is 11.8. The van der Waals surface area contributed by atoms with Gasteiger partial charge in [0, 0.05) is 26.2 Å². The Morgan fingerprint density at radius 3 is 2.74 bits per heavy atom. The van der Waals surface area contributed by atoms with E-state index in [0.29, 0.717) is 6.10 Å². The fourth-order valence-electron chi connectivity index (χ4n) is 2.85. The molecule has 3 rings (SSSR count). The van der Waals surface area contributed by atoms with Crippen LogP contribution in [0.15, 0.2) is 24.3 Å². The molecule has 1 atom stereocenters. The van der Waals surface area contributed by atoms with Crippen LogP contribution in [0.2, 0.25) is 0 Å². The van der Waals surface area contributed by atoms with Crippen molar-refractivity contribution in [2.45, 2.75) is 31.4 Å². The van der Waals surface area contributed by atoms with Crippen molar-refractivity contribution >= 4 is 0 Å². The van der Waals surface area contributed by atoms with Crippen molar-refractivity contribution in [2.24, 2.45) is 0 Å². The maximum atomic E-state index is 5.74. The summed E-state index contributed by atoms with van der Waals surface area (Å²) < 4.78 is 5.74. The molecule has 2 aliphatic rings. The molecular formula is C16H24N2O. The number of hydrogen-bond donors (Lipinski definition) is 1. The van der Waals surface area contributed by atoms with Gasteiger partial charge in [-0.2, -0.15) is 0 Å². The number of hydrogen-bond acceptors (Lipinski definition) is 3. The summed E-state index contributed by atoms with van der Waals surface area (Å²) >= 11 is 0. The lowest BCUT2D eigenvalue weighted by Gasteiger charge is -2.32. The normalized spacial score (nSPS) is 24.6. The lowest BCUT2D eigenvalue weighted by atomic mass is 10.1. The van der Waals surface area contributed by atoms with Crippen LogP contribution >= 0.6 is 0 Å². The van der Waals surface area contributed by atoms with Crippen molar-refractivity contribution in [1.29, 1.82) is 0 Å². The molecule has 1 heterocycles. The van der Waals surface area contributed by atoms with E-state index in [2.05, 4.69) is 34.5 Å². The summed E-state index contributed by atoms with van der Waals surface area (Å²) in [6, 6.07) is 9.24. The average molecular weight is 260 g/mol. The van der Waals surface area contributed by atoms with Crippen LogP contribution in [-0.2, 0) is 11.3 Å². The number of likely N-dealkylation sites (N-methyl/N-ethyl adjacent to an activating group) is 1. The van der Waals surface area contributed by atoms with Gasteiger partial charge in [0.05, 0.1) is 12.7 Å². The highest BCUT2D eigenvalue weighted by Crippen LogP contribution is 2.39. The summed E-state index contributed by atoms with van der Waals surface area (Å²) in [4.78, 5) is 2.50. The molecular weight excluding hydrogens is 236 g/mol. The standard InChI is InChI=1S/C16H24N2O/c1-17-10-16-12-18(8-9-19-16)11-13-2-4-14(5-3-13)15-6-7-15/h2-5,15-17H,6-12H2,1H3. The van der Waals surface area contributed by atoms with Crippen molar-refractivity contribution in [2.75, 3.05) is 33.3 Å². The molecule has 0 aromatic heterocycles. The molecule has 1 aliphatic heterocycles. The van der Waals surface area contributed by atoms with E-state index in [-0.39, 0.29) is 0 Å². The first-order valence-electron chi connectivity index (χ1n) is 7.42. The predicted molar refractivity (Wildman–Crippen MR) is 77.4 cm³/mol. The number of ether oxygens (including phenoxy) is 1. The van der Waals surface area contributed by atoms with Gasteiger partial charge in [-0.3, -0.25) is 4.90 Å². The molecule has 3 heteroatoms. The third-order valence-corrected chi connectivity index (χ3v) is 4.09. The van der Waals surface area contributed by atoms with Gasteiger partial charge >= 0.3 is 0 Å². The Morgan fingerprint density at radius 2 is 2.05 bits per heavy atom. The number of nitrogens with one attached hydrogen (secondary N) is 1. The van der Waals surface area contributed by atoms with Gasteiger partial charge in [0.2, 0.25) is 0 Å². The zero-order valence-corrected chi connectivity index (χ0v) is 11.8. The summed E-state index contributed by atoms with van der Waals surface area (Å²) in [5.74, 6) is 0.859. The van der Waals surface area contributed by atoms with Crippen molar-refractivity contribution in [3.05, 3.63) is 35.4 Å². The lowest BCUT2D eigenvalue weighted by molar-refractivity contribution is -0.0291. The second kappa shape index (κ2) is 6.04. The molecule has 1 saturated carbocycles. The Hall–Kier alpha value is -0.900. The van der Waals surface area contributed by atoms with Crippen LogP contribution in [0.3, 0.4) is 0 Å². The largest absolute Gasteiger partial charge is 0.374 e. The zero-order chi connectivity index (χ0) is 13.1. The van der Waals surface area contributed by atoms with Crippen LogP contribution in [-0.4, -0.2) is 44.3 Å². The van der Waals surface area contributed by atoms with Gasteiger partial charge < -0.3 is 10.1 Å². The van der Waals surface area contributed by atoms with Gasteiger partial charge in [-0.1, -0.05) is 24.3 Å². The molecule has 1 saturated heterocycles. The first kappa shape index (κ1) is 13.1. The molecule has 0 bridgehead atoms. The Kier molecular flexibility index (Phi) is 4.16. The minimum atomic E-state index is 0.337. The minimum absolute atomic E-state index is 0.337. The summed E-state index contributed by atoms with van der Waals surface area (Å²) in [6.45, 7) is 4.92. The molecule has 0 radical (unpaired) electrons. The maximum Gasteiger partial charge on any atom is 0.0826 e. The van der Waals surface area contributed by atoms with E-state index in [1.807, 2.05) is 7.05 Å². The third-order valence-electron chi connectivity index (χ3n) is 4.09. The summed E-state index contributed by atoms with van der Waals surface area (Å²) in [7, 11) is 1.99. The van der Waals surface area contributed by atoms with Gasteiger partial charge in [0.25, 0.3) is 0 Å². The average Bonchev–Trinajstić information content (AvgIpc) is 3.25. The van der Waals surface area contributed by atoms with E-state index in [9.17, 15) is 0 Å². The van der Waals surface area contributed by atoms with Gasteiger partial charge in [0.15, 0.2) is 0 Å². The van der Waals surface area contributed by atoms with Crippen molar-refractivity contribution in [3.63, 3.8) is 0 Å². The van der Waals surface area contributed by atoms with Crippen LogP contribution in [0.4, 0.5) is 0 Å². The third kappa shape index (κ3) is 3.56. The smallest absolute Gasteiger partial charge is 0.0826 e. The predicted octanol–water partition coefficient (Wildman–Crippen LogP) is 1.98. The van der Waals surface area contributed by atoms with Gasteiger partial charge in [-0.25, -0.2) is 0 Å². The Bertz CT molecular complexity index is 398. The van der Waals surface area contributed by atoms with Gasteiger partial charge in [0.1, 0.15) is 0 Å². The van der Waals surface area contributed by atoms with Crippen LogP contribution in [0, 0.1) is 0 Å². The molecule has 2 fully saturated rings. The van der Waals surface area contributed by atoms with Crippen LogP contribution in [0.25, 0.3) is 0 Å². The molecule has 104 valence electrons. The van der Waals surface area contributed by atoms with Crippen molar-refractivity contribution in [1.82, 2.24) is 10.2 Å². The first-order chi connectivity index (χ1) is 9.35. The fraction of sp³-hybridized carbons (Fsp3) is 0.625. The second-order valence-corrected chi connectivity index (χ2v) is 5.80. The highest BCUT2D eigenvalue weighted by atomic mass is 16.5. The fourth-order valence-corrected chi connectivity index (χ4v) is 2.85. The Labute approximate surface area is 115 Å².